The molecule has 0 unspecified atom stereocenters. The highest BCUT2D eigenvalue weighted by Gasteiger charge is 2.22. The molecule has 2 aromatic rings. The first-order chi connectivity index (χ1) is 13.6. The first-order valence-corrected chi connectivity index (χ1v) is 10.2. The molecule has 0 atom stereocenters. The summed E-state index contributed by atoms with van der Waals surface area (Å²) in [5.74, 6) is 0.623. The van der Waals surface area contributed by atoms with Crippen LogP contribution < -0.4 is 15.0 Å². The average molecular weight is 404 g/mol. The molecule has 8 nitrogen and oxygen atoms in total. The van der Waals surface area contributed by atoms with E-state index < -0.39 is 0 Å². The van der Waals surface area contributed by atoms with E-state index in [-0.39, 0.29) is 24.7 Å². The van der Waals surface area contributed by atoms with Gasteiger partial charge in [-0.15, -0.1) is 10.2 Å². The van der Waals surface area contributed by atoms with Crippen LogP contribution >= 0.6 is 11.3 Å². The van der Waals surface area contributed by atoms with Crippen LogP contribution in [0.1, 0.15) is 24.8 Å². The molecule has 1 N–H and O–H groups in total. The first kappa shape index (κ1) is 20.1. The molecule has 2 heterocycles. The molecule has 3 rings (SSSR count). The van der Waals surface area contributed by atoms with Gasteiger partial charge < -0.3 is 19.9 Å². The van der Waals surface area contributed by atoms with Crippen LogP contribution in [0.4, 0.5) is 10.8 Å². The summed E-state index contributed by atoms with van der Waals surface area (Å²) in [7, 11) is 1.65. The zero-order valence-electron chi connectivity index (χ0n) is 16.2. The standard InChI is InChI=1S/C19H25N5O3S/c1-3-17-21-22-19(28-17)20-16(25)7-8-18(26)24-11-9-23(10-12-24)14-5-4-6-15(13-14)27-2/h4-6,13H,3,7-12H2,1-2H3,(H,20,22,25). The summed E-state index contributed by atoms with van der Waals surface area (Å²) < 4.78 is 5.27. The van der Waals surface area contributed by atoms with Gasteiger partial charge in [0.1, 0.15) is 10.8 Å². The van der Waals surface area contributed by atoms with Crippen LogP contribution in [0.5, 0.6) is 5.75 Å². The highest BCUT2D eigenvalue weighted by Crippen LogP contribution is 2.22. The number of amides is 2. The van der Waals surface area contributed by atoms with E-state index in [2.05, 4.69) is 20.4 Å². The van der Waals surface area contributed by atoms with E-state index in [4.69, 9.17) is 4.74 Å². The van der Waals surface area contributed by atoms with Gasteiger partial charge in [0.2, 0.25) is 16.9 Å². The highest BCUT2D eigenvalue weighted by atomic mass is 32.1. The van der Waals surface area contributed by atoms with Crippen LogP contribution in [-0.4, -0.2) is 60.2 Å². The zero-order valence-corrected chi connectivity index (χ0v) is 17.0. The van der Waals surface area contributed by atoms with E-state index >= 15 is 0 Å². The number of carbonyl (C=O) groups is 2. The molecule has 28 heavy (non-hydrogen) atoms. The van der Waals surface area contributed by atoms with Crippen molar-refractivity contribution in [3.8, 4) is 5.75 Å². The predicted octanol–water partition coefficient (Wildman–Crippen LogP) is 2.18. The number of rotatable bonds is 7. The van der Waals surface area contributed by atoms with Crippen molar-refractivity contribution in [2.75, 3.05) is 43.5 Å². The Morgan fingerprint density at radius 1 is 1.18 bits per heavy atom. The molecule has 1 aliphatic heterocycles. The Labute approximate surface area is 168 Å². The Kier molecular flexibility index (Phi) is 6.80. The third-order valence-electron chi connectivity index (χ3n) is 4.63. The molecule has 0 aliphatic carbocycles. The summed E-state index contributed by atoms with van der Waals surface area (Å²) in [5.41, 5.74) is 1.09. The molecule has 1 aromatic heterocycles. The Balaban J connectivity index is 1.42. The highest BCUT2D eigenvalue weighted by molar-refractivity contribution is 7.15. The largest absolute Gasteiger partial charge is 0.497 e. The van der Waals surface area contributed by atoms with Crippen molar-refractivity contribution >= 4 is 34.0 Å². The summed E-state index contributed by atoms with van der Waals surface area (Å²) in [6.45, 7) is 4.80. The van der Waals surface area contributed by atoms with Gasteiger partial charge >= 0.3 is 0 Å². The summed E-state index contributed by atoms with van der Waals surface area (Å²) in [6.07, 6.45) is 1.13. The summed E-state index contributed by atoms with van der Waals surface area (Å²) >= 11 is 1.36. The quantitative estimate of drug-likeness (QED) is 0.762. The number of aromatic nitrogens is 2. The number of hydrogen-bond acceptors (Lipinski definition) is 7. The lowest BCUT2D eigenvalue weighted by Gasteiger charge is -2.36. The maximum atomic E-state index is 12.4. The Morgan fingerprint density at radius 2 is 1.96 bits per heavy atom. The van der Waals surface area contributed by atoms with Crippen LogP contribution in [-0.2, 0) is 16.0 Å². The van der Waals surface area contributed by atoms with Crippen molar-refractivity contribution < 1.29 is 14.3 Å². The van der Waals surface area contributed by atoms with Gasteiger partial charge in [0.25, 0.3) is 0 Å². The van der Waals surface area contributed by atoms with Crippen LogP contribution in [0.15, 0.2) is 24.3 Å². The molecule has 1 aliphatic rings. The number of piperazine rings is 1. The van der Waals surface area contributed by atoms with Crippen LogP contribution in [0, 0.1) is 0 Å². The molecule has 0 radical (unpaired) electrons. The van der Waals surface area contributed by atoms with Gasteiger partial charge in [0, 0.05) is 50.8 Å². The van der Waals surface area contributed by atoms with Crippen molar-refractivity contribution in [2.24, 2.45) is 0 Å². The second kappa shape index (κ2) is 9.50. The Morgan fingerprint density at radius 3 is 2.64 bits per heavy atom. The number of anilines is 2. The second-order valence-corrected chi connectivity index (χ2v) is 7.53. The molecule has 1 aromatic carbocycles. The molecule has 9 heteroatoms. The molecular weight excluding hydrogens is 378 g/mol. The van der Waals surface area contributed by atoms with Crippen LogP contribution in [0.2, 0.25) is 0 Å². The van der Waals surface area contributed by atoms with Crippen molar-refractivity contribution in [3.63, 3.8) is 0 Å². The van der Waals surface area contributed by atoms with E-state index in [0.717, 1.165) is 36.0 Å². The van der Waals surface area contributed by atoms with Crippen molar-refractivity contribution in [3.05, 3.63) is 29.3 Å². The molecule has 150 valence electrons. The number of carbonyl (C=O) groups excluding carboxylic acids is 2. The number of benzene rings is 1. The number of nitrogens with one attached hydrogen (secondary N) is 1. The monoisotopic (exact) mass is 403 g/mol. The van der Waals surface area contributed by atoms with Gasteiger partial charge in [0.15, 0.2) is 0 Å². The minimum Gasteiger partial charge on any atom is -0.497 e. The maximum absolute atomic E-state index is 12.4. The van der Waals surface area contributed by atoms with Gasteiger partial charge in [-0.2, -0.15) is 0 Å². The van der Waals surface area contributed by atoms with Crippen LogP contribution in [0.3, 0.4) is 0 Å². The van der Waals surface area contributed by atoms with E-state index in [1.807, 2.05) is 36.1 Å². The fourth-order valence-electron chi connectivity index (χ4n) is 3.03. The minimum absolute atomic E-state index is 0.00644. The van der Waals surface area contributed by atoms with Crippen LogP contribution in [0.25, 0.3) is 0 Å². The SMILES string of the molecule is CCc1nnc(NC(=O)CCC(=O)N2CCN(c3cccc(OC)c3)CC2)s1. The molecule has 2 amide bonds. The normalized spacial score (nSPS) is 14.1. The number of ether oxygens (including phenoxy) is 1. The third kappa shape index (κ3) is 5.19. The van der Waals surface area contributed by atoms with Gasteiger partial charge in [-0.05, 0) is 18.6 Å². The second-order valence-electron chi connectivity index (χ2n) is 6.47. The number of methoxy groups -OCH3 is 1. The Bertz CT molecular complexity index is 817. The lowest BCUT2D eigenvalue weighted by Crippen LogP contribution is -2.48. The predicted molar refractivity (Wildman–Crippen MR) is 109 cm³/mol. The van der Waals surface area contributed by atoms with Crippen molar-refractivity contribution in [1.29, 1.82) is 0 Å². The average Bonchev–Trinajstić information content (AvgIpc) is 3.19. The third-order valence-corrected chi connectivity index (χ3v) is 5.62. The summed E-state index contributed by atoms with van der Waals surface area (Å²) in [5, 5.41) is 12.0. The topological polar surface area (TPSA) is 87.7 Å². The number of hydrogen-bond donors (Lipinski definition) is 1. The van der Waals surface area contributed by atoms with Gasteiger partial charge in [-0.3, -0.25) is 9.59 Å². The van der Waals surface area contributed by atoms with Crippen molar-refractivity contribution in [1.82, 2.24) is 15.1 Å². The Hall–Kier alpha value is -2.68. The minimum atomic E-state index is -0.206. The lowest BCUT2D eigenvalue weighted by molar-refractivity contribution is -0.133. The molecule has 1 saturated heterocycles. The van der Waals surface area contributed by atoms with E-state index in [9.17, 15) is 9.59 Å². The smallest absolute Gasteiger partial charge is 0.226 e. The van der Waals surface area contributed by atoms with E-state index in [1.54, 1.807) is 7.11 Å². The maximum Gasteiger partial charge on any atom is 0.226 e. The van der Waals surface area contributed by atoms with E-state index in [1.165, 1.54) is 11.3 Å². The summed E-state index contributed by atoms with van der Waals surface area (Å²) in [4.78, 5) is 28.5. The number of aryl methyl sites for hydroxylation is 1. The van der Waals surface area contributed by atoms with Gasteiger partial charge in [-0.25, -0.2) is 0 Å². The van der Waals surface area contributed by atoms with Gasteiger partial charge in [-0.1, -0.05) is 24.3 Å². The van der Waals surface area contributed by atoms with Crippen molar-refractivity contribution in [2.45, 2.75) is 26.2 Å². The zero-order chi connectivity index (χ0) is 19.9. The molecular formula is C19H25N5O3S. The lowest BCUT2D eigenvalue weighted by atomic mass is 10.2. The fraction of sp³-hybridized carbons (Fsp3) is 0.474. The number of nitrogens with zero attached hydrogens (tertiary/aromatic N) is 4. The van der Waals surface area contributed by atoms with E-state index in [0.29, 0.717) is 18.2 Å². The molecule has 0 bridgehead atoms. The molecule has 0 saturated carbocycles. The first-order valence-electron chi connectivity index (χ1n) is 9.38. The molecule has 1 fully saturated rings. The van der Waals surface area contributed by atoms with Gasteiger partial charge in [0.05, 0.1) is 7.11 Å². The molecule has 0 spiro atoms. The summed E-state index contributed by atoms with van der Waals surface area (Å²) in [6, 6.07) is 7.92. The fourth-order valence-corrected chi connectivity index (χ4v) is 3.72.